The standard InChI is InChI=1S/C18H18N4OS/c1-13-8-6-7-11-16(13)22-14(2)20-21-18(22)24-12-17(23)19-15-9-4-3-5-10-15/h3-11H,12H2,1-2H3,(H,19,23). The lowest BCUT2D eigenvalue weighted by Gasteiger charge is -2.11. The number of rotatable bonds is 5. The second-order valence-corrected chi connectivity index (χ2v) is 6.30. The van der Waals surface area contributed by atoms with Crippen LogP contribution in [0.2, 0.25) is 0 Å². The minimum Gasteiger partial charge on any atom is -0.325 e. The number of carbonyl (C=O) groups excluding carboxylic acids is 1. The van der Waals surface area contributed by atoms with Gasteiger partial charge in [0.15, 0.2) is 5.16 Å². The molecular weight excluding hydrogens is 320 g/mol. The van der Waals surface area contributed by atoms with Gasteiger partial charge in [0.25, 0.3) is 0 Å². The fourth-order valence-corrected chi connectivity index (χ4v) is 3.17. The number of hydrogen-bond acceptors (Lipinski definition) is 4. The first kappa shape index (κ1) is 16.3. The molecule has 24 heavy (non-hydrogen) atoms. The van der Waals surface area contributed by atoms with E-state index in [0.29, 0.717) is 5.16 Å². The van der Waals surface area contributed by atoms with E-state index in [1.54, 1.807) is 0 Å². The maximum Gasteiger partial charge on any atom is 0.234 e. The first-order chi connectivity index (χ1) is 11.6. The monoisotopic (exact) mass is 338 g/mol. The number of aryl methyl sites for hydroxylation is 2. The van der Waals surface area contributed by atoms with E-state index in [1.807, 2.05) is 73.0 Å². The molecule has 6 heteroatoms. The van der Waals surface area contributed by atoms with Gasteiger partial charge in [-0.1, -0.05) is 48.2 Å². The van der Waals surface area contributed by atoms with Gasteiger partial charge in [-0.3, -0.25) is 9.36 Å². The van der Waals surface area contributed by atoms with E-state index in [4.69, 9.17) is 0 Å². The molecule has 3 aromatic rings. The van der Waals surface area contributed by atoms with Crippen molar-refractivity contribution in [2.24, 2.45) is 0 Å². The first-order valence-electron chi connectivity index (χ1n) is 7.61. The zero-order valence-electron chi connectivity index (χ0n) is 13.6. The second-order valence-electron chi connectivity index (χ2n) is 5.35. The maximum absolute atomic E-state index is 12.1. The number of anilines is 1. The summed E-state index contributed by atoms with van der Waals surface area (Å²) in [4.78, 5) is 12.1. The lowest BCUT2D eigenvalue weighted by Crippen LogP contribution is -2.14. The normalized spacial score (nSPS) is 10.6. The molecule has 0 fully saturated rings. The van der Waals surface area contributed by atoms with Gasteiger partial charge >= 0.3 is 0 Å². The lowest BCUT2D eigenvalue weighted by atomic mass is 10.2. The van der Waals surface area contributed by atoms with Gasteiger partial charge in [0, 0.05) is 5.69 Å². The van der Waals surface area contributed by atoms with Crippen LogP contribution in [0.25, 0.3) is 5.69 Å². The molecule has 5 nitrogen and oxygen atoms in total. The highest BCUT2D eigenvalue weighted by molar-refractivity contribution is 7.99. The number of benzene rings is 2. The Kier molecular flexibility index (Phi) is 4.96. The fourth-order valence-electron chi connectivity index (χ4n) is 2.38. The van der Waals surface area contributed by atoms with Crippen molar-refractivity contribution in [2.45, 2.75) is 19.0 Å². The molecule has 1 heterocycles. The van der Waals surface area contributed by atoms with Crippen LogP contribution >= 0.6 is 11.8 Å². The molecule has 0 saturated heterocycles. The molecule has 0 saturated carbocycles. The van der Waals surface area contributed by atoms with Crippen molar-refractivity contribution in [3.8, 4) is 5.69 Å². The third-order valence-corrected chi connectivity index (χ3v) is 4.47. The van der Waals surface area contributed by atoms with Crippen LogP contribution in [0.5, 0.6) is 0 Å². The second kappa shape index (κ2) is 7.31. The van der Waals surface area contributed by atoms with Gasteiger partial charge in [-0.2, -0.15) is 0 Å². The summed E-state index contributed by atoms with van der Waals surface area (Å²) in [5.74, 6) is 1.01. The Morgan fingerprint density at radius 1 is 1.04 bits per heavy atom. The molecule has 0 aliphatic heterocycles. The van der Waals surface area contributed by atoms with E-state index in [9.17, 15) is 4.79 Å². The highest BCUT2D eigenvalue weighted by Crippen LogP contribution is 2.24. The van der Waals surface area contributed by atoms with Crippen LogP contribution in [-0.4, -0.2) is 26.4 Å². The van der Waals surface area contributed by atoms with E-state index in [0.717, 1.165) is 22.8 Å². The topological polar surface area (TPSA) is 59.8 Å². The summed E-state index contributed by atoms with van der Waals surface area (Å²) >= 11 is 1.38. The SMILES string of the molecule is Cc1ccccc1-n1c(C)nnc1SCC(=O)Nc1ccccc1. The number of hydrogen-bond donors (Lipinski definition) is 1. The predicted octanol–water partition coefficient (Wildman–Crippen LogP) is 3.61. The van der Waals surface area contributed by atoms with Crippen LogP contribution in [0.1, 0.15) is 11.4 Å². The van der Waals surface area contributed by atoms with E-state index in [2.05, 4.69) is 15.5 Å². The van der Waals surface area contributed by atoms with Gasteiger partial charge in [0.2, 0.25) is 5.91 Å². The van der Waals surface area contributed by atoms with Gasteiger partial charge in [0.05, 0.1) is 11.4 Å². The van der Waals surface area contributed by atoms with Crippen molar-refractivity contribution in [3.63, 3.8) is 0 Å². The third kappa shape index (κ3) is 3.65. The molecule has 0 aliphatic carbocycles. The third-order valence-electron chi connectivity index (χ3n) is 3.54. The molecular formula is C18H18N4OS. The summed E-state index contributed by atoms with van der Waals surface area (Å²) in [6.45, 7) is 3.96. The Balaban J connectivity index is 1.73. The molecule has 0 unspecified atom stereocenters. The van der Waals surface area contributed by atoms with Crippen LogP contribution in [-0.2, 0) is 4.79 Å². The zero-order chi connectivity index (χ0) is 16.9. The summed E-state index contributed by atoms with van der Waals surface area (Å²) in [6.07, 6.45) is 0. The number of para-hydroxylation sites is 2. The number of nitrogens with one attached hydrogen (secondary N) is 1. The van der Waals surface area contributed by atoms with E-state index < -0.39 is 0 Å². The van der Waals surface area contributed by atoms with Crippen LogP contribution in [0.3, 0.4) is 0 Å². The molecule has 0 bridgehead atoms. The fraction of sp³-hybridized carbons (Fsp3) is 0.167. The lowest BCUT2D eigenvalue weighted by molar-refractivity contribution is -0.113. The summed E-state index contributed by atoms with van der Waals surface area (Å²) in [5, 5.41) is 11.9. The Morgan fingerprint density at radius 2 is 1.75 bits per heavy atom. The van der Waals surface area contributed by atoms with Crippen molar-refractivity contribution < 1.29 is 4.79 Å². The van der Waals surface area contributed by atoms with E-state index >= 15 is 0 Å². The van der Waals surface area contributed by atoms with Crippen molar-refractivity contribution in [3.05, 3.63) is 66.0 Å². The minimum absolute atomic E-state index is 0.0665. The van der Waals surface area contributed by atoms with Crippen LogP contribution in [0.15, 0.2) is 59.8 Å². The maximum atomic E-state index is 12.1. The van der Waals surface area contributed by atoms with Gasteiger partial charge in [-0.15, -0.1) is 10.2 Å². The number of thioether (sulfide) groups is 1. The van der Waals surface area contributed by atoms with Crippen molar-refractivity contribution in [1.29, 1.82) is 0 Å². The average molecular weight is 338 g/mol. The summed E-state index contributed by atoms with van der Waals surface area (Å²) < 4.78 is 1.98. The average Bonchev–Trinajstić information content (AvgIpc) is 2.95. The Hall–Kier alpha value is -2.60. The van der Waals surface area contributed by atoms with Crippen LogP contribution in [0, 0.1) is 13.8 Å². The molecule has 0 radical (unpaired) electrons. The minimum atomic E-state index is -0.0665. The molecule has 0 spiro atoms. The number of carbonyl (C=O) groups is 1. The van der Waals surface area contributed by atoms with Crippen LogP contribution in [0.4, 0.5) is 5.69 Å². The van der Waals surface area contributed by atoms with E-state index in [1.165, 1.54) is 11.8 Å². The quantitative estimate of drug-likeness (QED) is 0.722. The number of nitrogens with zero attached hydrogens (tertiary/aromatic N) is 3. The van der Waals surface area contributed by atoms with Crippen LogP contribution < -0.4 is 5.32 Å². The van der Waals surface area contributed by atoms with Crippen molar-refractivity contribution in [1.82, 2.24) is 14.8 Å². The predicted molar refractivity (Wildman–Crippen MR) is 96.6 cm³/mol. The molecule has 2 aromatic carbocycles. The van der Waals surface area contributed by atoms with Crippen molar-refractivity contribution in [2.75, 3.05) is 11.1 Å². The van der Waals surface area contributed by atoms with Gasteiger partial charge < -0.3 is 5.32 Å². The van der Waals surface area contributed by atoms with Gasteiger partial charge in [-0.05, 0) is 37.6 Å². The largest absolute Gasteiger partial charge is 0.325 e. The summed E-state index contributed by atoms with van der Waals surface area (Å²) in [5.41, 5.74) is 2.96. The Morgan fingerprint density at radius 3 is 2.50 bits per heavy atom. The molecule has 1 N–H and O–H groups in total. The van der Waals surface area contributed by atoms with Gasteiger partial charge in [0.1, 0.15) is 5.82 Å². The first-order valence-corrected chi connectivity index (χ1v) is 8.59. The highest BCUT2D eigenvalue weighted by atomic mass is 32.2. The highest BCUT2D eigenvalue weighted by Gasteiger charge is 2.14. The zero-order valence-corrected chi connectivity index (χ0v) is 14.4. The Bertz CT molecular complexity index is 845. The smallest absolute Gasteiger partial charge is 0.234 e. The molecule has 0 atom stereocenters. The summed E-state index contributed by atoms with van der Waals surface area (Å²) in [6, 6.07) is 17.5. The van der Waals surface area contributed by atoms with Gasteiger partial charge in [-0.25, -0.2) is 0 Å². The molecule has 0 aliphatic rings. The summed E-state index contributed by atoms with van der Waals surface area (Å²) in [7, 11) is 0. The molecule has 1 amide bonds. The van der Waals surface area contributed by atoms with Crippen molar-refractivity contribution >= 4 is 23.4 Å². The molecule has 1 aromatic heterocycles. The van der Waals surface area contributed by atoms with E-state index in [-0.39, 0.29) is 11.7 Å². The molecule has 3 rings (SSSR count). The number of amides is 1. The Labute approximate surface area is 145 Å². The molecule has 122 valence electrons. The number of aromatic nitrogens is 3.